The number of hydrogen-bond donors (Lipinski definition) is 1. The summed E-state index contributed by atoms with van der Waals surface area (Å²) in [6.45, 7) is 5.13. The van der Waals surface area contributed by atoms with Crippen LogP contribution in [0.15, 0.2) is 18.2 Å². The second-order valence-corrected chi connectivity index (χ2v) is 5.50. The third-order valence-electron chi connectivity index (χ3n) is 2.37. The predicted octanol–water partition coefficient (Wildman–Crippen LogP) is 1.28. The van der Waals surface area contributed by atoms with Crippen LogP contribution in [-0.2, 0) is 10.2 Å². The van der Waals surface area contributed by atoms with Crippen molar-refractivity contribution in [2.75, 3.05) is 17.8 Å². The molecule has 0 aliphatic carbocycles. The molecule has 82 valence electrons. The quantitative estimate of drug-likeness (QED) is 0.789. The largest absolute Gasteiger partial charge is 0.301 e. The van der Waals surface area contributed by atoms with Crippen LogP contribution in [0.1, 0.15) is 11.1 Å². The molecule has 0 unspecified atom stereocenters. The molecular weight excluding hydrogens is 212 g/mol. The Labute approximate surface area is 90.1 Å². The highest BCUT2D eigenvalue weighted by Crippen LogP contribution is 2.20. The summed E-state index contributed by atoms with van der Waals surface area (Å²) >= 11 is 0. The van der Waals surface area contributed by atoms with Gasteiger partial charge < -0.3 is 0 Å². The maximum absolute atomic E-state index is 11.6. The topological polar surface area (TPSA) is 49.2 Å². The van der Waals surface area contributed by atoms with E-state index in [1.807, 2.05) is 26.0 Å². The fourth-order valence-electron chi connectivity index (χ4n) is 1.41. The zero-order valence-electron chi connectivity index (χ0n) is 8.82. The Morgan fingerprint density at radius 2 is 1.93 bits per heavy atom. The molecule has 4 nitrogen and oxygen atoms in total. The Morgan fingerprint density at radius 3 is 2.47 bits per heavy atom. The minimum atomic E-state index is -3.29. The lowest BCUT2D eigenvalue weighted by atomic mass is 10.1. The summed E-state index contributed by atoms with van der Waals surface area (Å²) in [6, 6.07) is 5.65. The van der Waals surface area contributed by atoms with E-state index >= 15 is 0 Å². The summed E-state index contributed by atoms with van der Waals surface area (Å²) in [5.41, 5.74) is 2.73. The standard InChI is InChI=1S/C10H14N2O2S/c1-8-3-4-10(9(2)7-8)11-15(13,14)12-5-6-12/h3-4,7,11H,5-6H2,1-2H3. The molecule has 1 aliphatic heterocycles. The fraction of sp³-hybridized carbons (Fsp3) is 0.400. The van der Waals surface area contributed by atoms with Crippen LogP contribution in [0.4, 0.5) is 5.69 Å². The smallest absolute Gasteiger partial charge is 0.271 e. The van der Waals surface area contributed by atoms with Crippen molar-refractivity contribution < 1.29 is 8.42 Å². The SMILES string of the molecule is Cc1ccc(NS(=O)(=O)N2CC2)c(C)c1. The molecule has 1 aliphatic rings. The maximum Gasteiger partial charge on any atom is 0.301 e. The number of rotatable bonds is 3. The van der Waals surface area contributed by atoms with Crippen molar-refractivity contribution in [1.82, 2.24) is 4.31 Å². The summed E-state index contributed by atoms with van der Waals surface area (Å²) in [7, 11) is -3.29. The number of nitrogens with one attached hydrogen (secondary N) is 1. The van der Waals surface area contributed by atoms with Crippen molar-refractivity contribution in [2.45, 2.75) is 13.8 Å². The van der Waals surface area contributed by atoms with Gasteiger partial charge in [0.15, 0.2) is 0 Å². The Balaban J connectivity index is 2.24. The van der Waals surface area contributed by atoms with Crippen LogP contribution in [0.25, 0.3) is 0 Å². The Kier molecular flexibility index (Phi) is 2.44. The van der Waals surface area contributed by atoms with Crippen molar-refractivity contribution in [3.8, 4) is 0 Å². The summed E-state index contributed by atoms with van der Waals surface area (Å²) < 4.78 is 27.2. The molecule has 1 N–H and O–H groups in total. The van der Waals surface area contributed by atoms with Gasteiger partial charge in [-0.2, -0.15) is 12.7 Å². The van der Waals surface area contributed by atoms with Crippen LogP contribution in [0.3, 0.4) is 0 Å². The third kappa shape index (κ3) is 2.30. The van der Waals surface area contributed by atoms with Crippen molar-refractivity contribution in [3.05, 3.63) is 29.3 Å². The molecule has 1 aromatic rings. The van der Waals surface area contributed by atoms with Gasteiger partial charge in [0.05, 0.1) is 5.69 Å². The number of anilines is 1. The van der Waals surface area contributed by atoms with Gasteiger partial charge >= 0.3 is 10.2 Å². The highest BCUT2D eigenvalue weighted by Gasteiger charge is 2.31. The molecule has 1 fully saturated rings. The van der Waals surface area contributed by atoms with E-state index in [-0.39, 0.29) is 0 Å². The van der Waals surface area contributed by atoms with E-state index in [0.717, 1.165) is 11.1 Å². The molecule has 0 aromatic heterocycles. The van der Waals surface area contributed by atoms with Gasteiger partial charge in [-0.3, -0.25) is 4.72 Å². The molecule has 0 radical (unpaired) electrons. The Morgan fingerprint density at radius 1 is 1.27 bits per heavy atom. The highest BCUT2D eigenvalue weighted by atomic mass is 32.2. The van der Waals surface area contributed by atoms with Gasteiger partial charge in [0, 0.05) is 13.1 Å². The van der Waals surface area contributed by atoms with Crippen molar-refractivity contribution in [2.24, 2.45) is 0 Å². The molecule has 0 amide bonds. The Bertz CT molecular complexity index is 478. The van der Waals surface area contributed by atoms with Gasteiger partial charge in [-0.05, 0) is 25.5 Å². The predicted molar refractivity (Wildman–Crippen MR) is 60.0 cm³/mol. The molecule has 0 spiro atoms. The van der Waals surface area contributed by atoms with Crippen LogP contribution in [0, 0.1) is 13.8 Å². The average Bonchev–Trinajstić information content (AvgIpc) is 2.92. The van der Waals surface area contributed by atoms with E-state index in [2.05, 4.69) is 4.72 Å². The van der Waals surface area contributed by atoms with E-state index in [9.17, 15) is 8.42 Å². The highest BCUT2D eigenvalue weighted by molar-refractivity contribution is 7.90. The zero-order valence-corrected chi connectivity index (χ0v) is 9.63. The van der Waals surface area contributed by atoms with E-state index in [4.69, 9.17) is 0 Å². The van der Waals surface area contributed by atoms with Crippen LogP contribution in [0.2, 0.25) is 0 Å². The first kappa shape index (κ1) is 10.4. The van der Waals surface area contributed by atoms with Crippen LogP contribution in [0.5, 0.6) is 0 Å². The van der Waals surface area contributed by atoms with E-state index in [0.29, 0.717) is 18.8 Å². The minimum absolute atomic E-state index is 0.625. The van der Waals surface area contributed by atoms with Crippen molar-refractivity contribution in [1.29, 1.82) is 0 Å². The zero-order chi connectivity index (χ0) is 11.1. The van der Waals surface area contributed by atoms with E-state index in [1.54, 1.807) is 6.07 Å². The normalized spacial score (nSPS) is 16.4. The van der Waals surface area contributed by atoms with Crippen LogP contribution < -0.4 is 4.72 Å². The van der Waals surface area contributed by atoms with Crippen molar-refractivity contribution >= 4 is 15.9 Å². The van der Waals surface area contributed by atoms with Gasteiger partial charge in [-0.15, -0.1) is 0 Å². The average molecular weight is 226 g/mol. The first-order valence-corrected chi connectivity index (χ1v) is 6.28. The first-order chi connectivity index (χ1) is 6.99. The maximum atomic E-state index is 11.6. The van der Waals surface area contributed by atoms with Crippen LogP contribution in [-0.4, -0.2) is 25.8 Å². The summed E-state index contributed by atoms with van der Waals surface area (Å²) in [5.74, 6) is 0. The lowest BCUT2D eigenvalue weighted by Gasteiger charge is -2.10. The molecule has 5 heteroatoms. The second-order valence-electron chi connectivity index (χ2n) is 3.82. The molecule has 1 heterocycles. The van der Waals surface area contributed by atoms with E-state index in [1.165, 1.54) is 4.31 Å². The molecular formula is C10H14N2O2S. The fourth-order valence-corrected chi connectivity index (χ4v) is 2.61. The third-order valence-corrected chi connectivity index (χ3v) is 3.89. The molecule has 2 rings (SSSR count). The summed E-state index contributed by atoms with van der Waals surface area (Å²) in [5, 5.41) is 0. The first-order valence-electron chi connectivity index (χ1n) is 4.84. The lowest BCUT2D eigenvalue weighted by molar-refractivity contribution is 0.569. The number of benzene rings is 1. The van der Waals surface area contributed by atoms with Crippen LogP contribution >= 0.6 is 0 Å². The van der Waals surface area contributed by atoms with Gasteiger partial charge in [0.1, 0.15) is 0 Å². The van der Waals surface area contributed by atoms with Crippen molar-refractivity contribution in [3.63, 3.8) is 0 Å². The van der Waals surface area contributed by atoms with Gasteiger partial charge in [0.2, 0.25) is 0 Å². The molecule has 0 bridgehead atoms. The van der Waals surface area contributed by atoms with Gasteiger partial charge in [0.25, 0.3) is 0 Å². The molecule has 0 atom stereocenters. The number of nitrogens with zero attached hydrogens (tertiary/aromatic N) is 1. The molecule has 0 saturated carbocycles. The molecule has 15 heavy (non-hydrogen) atoms. The van der Waals surface area contributed by atoms with E-state index < -0.39 is 10.2 Å². The monoisotopic (exact) mass is 226 g/mol. The minimum Gasteiger partial charge on any atom is -0.271 e. The summed E-state index contributed by atoms with van der Waals surface area (Å²) in [4.78, 5) is 0. The molecule has 1 aromatic carbocycles. The number of aryl methyl sites for hydroxylation is 2. The second kappa shape index (κ2) is 3.50. The van der Waals surface area contributed by atoms with Gasteiger partial charge in [-0.1, -0.05) is 17.7 Å². The number of hydrogen-bond acceptors (Lipinski definition) is 2. The van der Waals surface area contributed by atoms with Gasteiger partial charge in [-0.25, -0.2) is 0 Å². The lowest BCUT2D eigenvalue weighted by Crippen LogP contribution is -2.21. The summed E-state index contributed by atoms with van der Waals surface area (Å²) in [6.07, 6.45) is 0. The Hall–Kier alpha value is -1.07. The molecule has 1 saturated heterocycles.